The third-order valence-corrected chi connectivity index (χ3v) is 3.44. The van der Waals surface area contributed by atoms with Gasteiger partial charge in [0.15, 0.2) is 0 Å². The third kappa shape index (κ3) is 3.76. The van der Waals surface area contributed by atoms with Crippen LogP contribution in [0.2, 0.25) is 0 Å². The van der Waals surface area contributed by atoms with Gasteiger partial charge >= 0.3 is 0 Å². The van der Waals surface area contributed by atoms with Crippen molar-refractivity contribution in [1.29, 1.82) is 0 Å². The van der Waals surface area contributed by atoms with Crippen LogP contribution in [0, 0.1) is 5.92 Å². The number of hydrogen-bond acceptors (Lipinski definition) is 3. The van der Waals surface area contributed by atoms with Gasteiger partial charge in [0.2, 0.25) is 5.91 Å². The molecule has 1 rings (SSSR count). The molecule has 16 heavy (non-hydrogen) atoms. The van der Waals surface area contributed by atoms with Gasteiger partial charge in [-0.05, 0) is 25.7 Å². The van der Waals surface area contributed by atoms with Crippen LogP contribution in [0.15, 0.2) is 0 Å². The Labute approximate surface area is 97.8 Å². The fourth-order valence-corrected chi connectivity index (χ4v) is 2.45. The second-order valence-electron chi connectivity index (χ2n) is 5.14. The highest BCUT2D eigenvalue weighted by Crippen LogP contribution is 2.31. The van der Waals surface area contributed by atoms with Gasteiger partial charge in [-0.3, -0.25) is 4.79 Å². The molecule has 1 amide bonds. The number of likely N-dealkylation sites (N-methyl/N-ethyl adjacent to an activating group) is 1. The molecule has 0 heterocycles. The first-order chi connectivity index (χ1) is 7.47. The van der Waals surface area contributed by atoms with Crippen LogP contribution in [-0.4, -0.2) is 36.2 Å². The molecular weight excluding hydrogens is 204 g/mol. The van der Waals surface area contributed by atoms with Gasteiger partial charge in [-0.2, -0.15) is 0 Å². The van der Waals surface area contributed by atoms with Crippen LogP contribution >= 0.6 is 0 Å². The van der Waals surface area contributed by atoms with E-state index in [9.17, 15) is 9.90 Å². The van der Waals surface area contributed by atoms with Crippen molar-refractivity contribution in [2.24, 2.45) is 5.92 Å². The van der Waals surface area contributed by atoms with E-state index in [1.165, 1.54) is 6.42 Å². The Balaban J connectivity index is 2.38. The molecule has 3 unspecified atom stereocenters. The van der Waals surface area contributed by atoms with E-state index >= 15 is 0 Å². The molecule has 1 saturated carbocycles. The molecule has 94 valence electrons. The minimum atomic E-state index is -0.625. The summed E-state index contributed by atoms with van der Waals surface area (Å²) in [4.78, 5) is 11.3. The van der Waals surface area contributed by atoms with Gasteiger partial charge < -0.3 is 15.7 Å². The van der Waals surface area contributed by atoms with Crippen LogP contribution in [0.25, 0.3) is 0 Å². The zero-order valence-electron chi connectivity index (χ0n) is 10.5. The van der Waals surface area contributed by atoms with Crippen molar-refractivity contribution in [1.82, 2.24) is 10.6 Å². The first-order valence-electron chi connectivity index (χ1n) is 6.14. The summed E-state index contributed by atoms with van der Waals surface area (Å²) in [5, 5.41) is 16.0. The van der Waals surface area contributed by atoms with Crippen LogP contribution in [-0.2, 0) is 4.79 Å². The summed E-state index contributed by atoms with van der Waals surface area (Å²) < 4.78 is 0. The van der Waals surface area contributed by atoms with Crippen LogP contribution in [0.1, 0.15) is 39.5 Å². The minimum Gasteiger partial charge on any atom is -0.389 e. The van der Waals surface area contributed by atoms with Crippen molar-refractivity contribution in [2.75, 3.05) is 13.6 Å². The monoisotopic (exact) mass is 228 g/mol. The summed E-state index contributed by atoms with van der Waals surface area (Å²) in [5.74, 6) is 0.545. The van der Waals surface area contributed by atoms with E-state index in [4.69, 9.17) is 0 Å². The van der Waals surface area contributed by atoms with E-state index in [-0.39, 0.29) is 11.9 Å². The summed E-state index contributed by atoms with van der Waals surface area (Å²) >= 11 is 0. The lowest BCUT2D eigenvalue weighted by atomic mass is 9.79. The highest BCUT2D eigenvalue weighted by molar-refractivity contribution is 5.80. The van der Waals surface area contributed by atoms with Crippen molar-refractivity contribution in [3.05, 3.63) is 0 Å². The zero-order chi connectivity index (χ0) is 12.2. The van der Waals surface area contributed by atoms with Gasteiger partial charge in [0.05, 0.1) is 11.6 Å². The van der Waals surface area contributed by atoms with Gasteiger partial charge in [0.25, 0.3) is 0 Å². The molecule has 1 aliphatic rings. The molecule has 0 aromatic heterocycles. The molecule has 3 N–H and O–H groups in total. The molecule has 3 atom stereocenters. The lowest BCUT2D eigenvalue weighted by Gasteiger charge is -2.36. The molecule has 0 spiro atoms. The van der Waals surface area contributed by atoms with Crippen molar-refractivity contribution in [2.45, 2.75) is 51.2 Å². The largest absolute Gasteiger partial charge is 0.389 e. The summed E-state index contributed by atoms with van der Waals surface area (Å²) in [7, 11) is 1.62. The number of rotatable bonds is 4. The number of aliphatic hydroxyl groups is 1. The van der Waals surface area contributed by atoms with E-state index in [0.717, 1.165) is 19.3 Å². The Morgan fingerprint density at radius 3 is 2.88 bits per heavy atom. The molecule has 0 aromatic rings. The lowest BCUT2D eigenvalue weighted by molar-refractivity contribution is -0.122. The maximum absolute atomic E-state index is 11.3. The zero-order valence-corrected chi connectivity index (χ0v) is 10.5. The predicted molar refractivity (Wildman–Crippen MR) is 64.1 cm³/mol. The SMILES string of the molecule is CNC(=O)C(C)NCC1(O)CCCC(C)C1. The molecule has 0 radical (unpaired) electrons. The highest BCUT2D eigenvalue weighted by atomic mass is 16.3. The van der Waals surface area contributed by atoms with E-state index in [1.807, 2.05) is 6.92 Å². The molecule has 1 aliphatic carbocycles. The molecule has 4 heteroatoms. The normalized spacial score (nSPS) is 32.1. The van der Waals surface area contributed by atoms with Gasteiger partial charge in [0.1, 0.15) is 0 Å². The molecule has 4 nitrogen and oxygen atoms in total. The number of nitrogens with one attached hydrogen (secondary N) is 2. The topological polar surface area (TPSA) is 61.4 Å². The van der Waals surface area contributed by atoms with Crippen molar-refractivity contribution < 1.29 is 9.90 Å². The van der Waals surface area contributed by atoms with Crippen LogP contribution in [0.4, 0.5) is 0 Å². The number of carbonyl (C=O) groups excluding carboxylic acids is 1. The van der Waals surface area contributed by atoms with E-state index in [0.29, 0.717) is 12.5 Å². The number of amides is 1. The van der Waals surface area contributed by atoms with E-state index < -0.39 is 5.60 Å². The lowest BCUT2D eigenvalue weighted by Crippen LogP contribution is -2.50. The minimum absolute atomic E-state index is 0.0348. The summed E-state index contributed by atoms with van der Waals surface area (Å²) in [5.41, 5.74) is -0.625. The van der Waals surface area contributed by atoms with Crippen LogP contribution in [0.3, 0.4) is 0 Å². The van der Waals surface area contributed by atoms with E-state index in [2.05, 4.69) is 17.6 Å². The second-order valence-corrected chi connectivity index (χ2v) is 5.14. The number of hydrogen-bond donors (Lipinski definition) is 3. The Hall–Kier alpha value is -0.610. The van der Waals surface area contributed by atoms with Crippen LogP contribution in [0.5, 0.6) is 0 Å². The van der Waals surface area contributed by atoms with Crippen molar-refractivity contribution >= 4 is 5.91 Å². The van der Waals surface area contributed by atoms with Crippen molar-refractivity contribution in [3.8, 4) is 0 Å². The second kappa shape index (κ2) is 5.64. The smallest absolute Gasteiger partial charge is 0.236 e. The molecular formula is C12H24N2O2. The van der Waals surface area contributed by atoms with Gasteiger partial charge in [0, 0.05) is 13.6 Å². The Bertz CT molecular complexity index is 245. The fraction of sp³-hybridized carbons (Fsp3) is 0.917. The van der Waals surface area contributed by atoms with Crippen molar-refractivity contribution in [3.63, 3.8) is 0 Å². The maximum atomic E-state index is 11.3. The van der Waals surface area contributed by atoms with Crippen LogP contribution < -0.4 is 10.6 Å². The fourth-order valence-electron chi connectivity index (χ4n) is 2.45. The standard InChI is InChI=1S/C12H24N2O2/c1-9-5-4-6-12(16,7-9)8-14-10(2)11(15)13-3/h9-10,14,16H,4-8H2,1-3H3,(H,13,15). The third-order valence-electron chi connectivity index (χ3n) is 3.44. The van der Waals surface area contributed by atoms with Gasteiger partial charge in [-0.15, -0.1) is 0 Å². The first kappa shape index (κ1) is 13.5. The molecule has 0 aliphatic heterocycles. The summed E-state index contributed by atoms with van der Waals surface area (Å²) in [6, 6.07) is -0.244. The van der Waals surface area contributed by atoms with E-state index in [1.54, 1.807) is 7.05 Å². The average Bonchev–Trinajstić information content (AvgIpc) is 2.24. The molecule has 0 bridgehead atoms. The van der Waals surface area contributed by atoms with Gasteiger partial charge in [-0.1, -0.05) is 19.8 Å². The predicted octanol–water partition coefficient (Wildman–Crippen LogP) is 0.652. The summed E-state index contributed by atoms with van der Waals surface area (Å²) in [6.45, 7) is 4.49. The molecule has 1 fully saturated rings. The Morgan fingerprint density at radius 2 is 2.31 bits per heavy atom. The highest BCUT2D eigenvalue weighted by Gasteiger charge is 2.32. The average molecular weight is 228 g/mol. The molecule has 0 saturated heterocycles. The summed E-state index contributed by atoms with van der Waals surface area (Å²) in [6.07, 6.45) is 3.95. The van der Waals surface area contributed by atoms with Gasteiger partial charge in [-0.25, -0.2) is 0 Å². The maximum Gasteiger partial charge on any atom is 0.236 e. The molecule has 0 aromatic carbocycles. The quantitative estimate of drug-likeness (QED) is 0.662. The first-order valence-corrected chi connectivity index (χ1v) is 6.14. The number of carbonyl (C=O) groups is 1. The Kier molecular flexibility index (Phi) is 4.74. The Morgan fingerprint density at radius 1 is 1.62 bits per heavy atom.